The van der Waals surface area contributed by atoms with Gasteiger partial charge in [-0.25, -0.2) is 4.79 Å². The highest BCUT2D eigenvalue weighted by Gasteiger charge is 2.45. The molecular formula is C30H28O12. The third-order valence-electron chi connectivity index (χ3n) is 6.85. The molecular weight excluding hydrogens is 552 g/mol. The zero-order valence-electron chi connectivity index (χ0n) is 21.9. The predicted molar refractivity (Wildman–Crippen MR) is 144 cm³/mol. The van der Waals surface area contributed by atoms with Crippen molar-refractivity contribution >= 4 is 17.8 Å². The van der Waals surface area contributed by atoms with Crippen LogP contribution in [0, 0.1) is 0 Å². The summed E-state index contributed by atoms with van der Waals surface area (Å²) in [5, 5.41) is 60.7. The molecule has 1 fully saturated rings. The first-order chi connectivity index (χ1) is 20.1. The summed E-state index contributed by atoms with van der Waals surface area (Å²) in [7, 11) is 0. The van der Waals surface area contributed by atoms with Crippen molar-refractivity contribution in [3.63, 3.8) is 0 Å². The Kier molecular flexibility index (Phi) is 8.31. The van der Waals surface area contributed by atoms with Crippen molar-refractivity contribution in [2.24, 2.45) is 0 Å². The number of hydrogen-bond acceptors (Lipinski definition) is 12. The first kappa shape index (κ1) is 28.9. The van der Waals surface area contributed by atoms with Crippen LogP contribution in [0.4, 0.5) is 0 Å². The highest BCUT2D eigenvalue weighted by atomic mass is 16.7. The molecule has 2 aliphatic heterocycles. The number of ether oxygens (including phenoxy) is 4. The van der Waals surface area contributed by atoms with Crippen LogP contribution in [0.2, 0.25) is 0 Å². The van der Waals surface area contributed by atoms with E-state index in [-0.39, 0.29) is 40.8 Å². The van der Waals surface area contributed by atoms with E-state index >= 15 is 0 Å². The average Bonchev–Trinajstić information content (AvgIpc) is 2.96. The van der Waals surface area contributed by atoms with Crippen molar-refractivity contribution in [1.29, 1.82) is 0 Å². The summed E-state index contributed by atoms with van der Waals surface area (Å²) in [6.45, 7) is -0.495. The molecule has 2 aliphatic rings. The van der Waals surface area contributed by atoms with Crippen LogP contribution in [0.15, 0.2) is 66.7 Å². The van der Waals surface area contributed by atoms with Crippen LogP contribution < -0.4 is 9.47 Å². The molecule has 6 atom stereocenters. The molecule has 0 aromatic heterocycles. The minimum Gasteiger partial charge on any atom is -0.508 e. The van der Waals surface area contributed by atoms with Crippen molar-refractivity contribution in [2.45, 2.75) is 43.2 Å². The third kappa shape index (κ3) is 6.31. The molecule has 0 bridgehead atoms. The van der Waals surface area contributed by atoms with Gasteiger partial charge in [0.15, 0.2) is 5.78 Å². The molecule has 220 valence electrons. The Hall–Kier alpha value is -4.62. The largest absolute Gasteiger partial charge is 0.508 e. The van der Waals surface area contributed by atoms with E-state index in [1.54, 1.807) is 24.3 Å². The van der Waals surface area contributed by atoms with E-state index in [1.807, 2.05) is 0 Å². The van der Waals surface area contributed by atoms with Crippen molar-refractivity contribution in [2.75, 3.05) is 6.61 Å². The summed E-state index contributed by atoms with van der Waals surface area (Å²) in [6, 6.07) is 14.6. The lowest BCUT2D eigenvalue weighted by molar-refractivity contribution is -0.278. The number of carbonyl (C=O) groups excluding carboxylic acids is 2. The van der Waals surface area contributed by atoms with Crippen LogP contribution in [0.3, 0.4) is 0 Å². The molecule has 12 heteroatoms. The van der Waals surface area contributed by atoms with Crippen molar-refractivity contribution in [1.82, 2.24) is 0 Å². The quantitative estimate of drug-likeness (QED) is 0.176. The SMILES string of the molecule is O=C(/C=C/c1ccc(O)cc1)OC[C@H]1O[C@@H](Oc2cc(O)c3c(c2)O[C@H](c2ccc(O)cc2)CC3=O)[C@H](O)[C@@H](O)[C@@H]1O. The molecule has 0 radical (unpaired) electrons. The Morgan fingerprint density at radius 3 is 2.26 bits per heavy atom. The number of esters is 1. The molecule has 42 heavy (non-hydrogen) atoms. The van der Waals surface area contributed by atoms with Crippen LogP contribution in [0.25, 0.3) is 6.08 Å². The Morgan fingerprint density at radius 1 is 0.905 bits per heavy atom. The Balaban J connectivity index is 1.26. The molecule has 6 N–H and O–H groups in total. The number of aliphatic hydroxyl groups excluding tert-OH is 3. The average molecular weight is 581 g/mol. The topological polar surface area (TPSA) is 192 Å². The van der Waals surface area contributed by atoms with Crippen LogP contribution in [-0.2, 0) is 14.3 Å². The fourth-order valence-corrected chi connectivity index (χ4v) is 4.61. The molecule has 0 unspecified atom stereocenters. The van der Waals surface area contributed by atoms with Gasteiger partial charge in [-0.2, -0.15) is 0 Å². The van der Waals surface area contributed by atoms with E-state index in [4.69, 9.17) is 18.9 Å². The highest BCUT2D eigenvalue weighted by Crippen LogP contribution is 2.42. The number of Topliss-reactive ketones (excluding diaryl/α,β-unsaturated/α-hetero) is 1. The van der Waals surface area contributed by atoms with Gasteiger partial charge in [0.05, 0.1) is 6.42 Å². The molecule has 1 saturated heterocycles. The number of benzene rings is 3. The Morgan fingerprint density at radius 2 is 1.57 bits per heavy atom. The van der Waals surface area contributed by atoms with E-state index in [0.717, 1.165) is 12.1 Å². The summed E-state index contributed by atoms with van der Waals surface area (Å²) < 4.78 is 22.3. The second kappa shape index (κ2) is 12.1. The number of aromatic hydroxyl groups is 3. The number of phenols is 3. The van der Waals surface area contributed by atoms with Crippen molar-refractivity contribution in [3.8, 4) is 28.7 Å². The Labute approximate surface area is 239 Å². The zero-order chi connectivity index (χ0) is 30.0. The number of hydrogen-bond donors (Lipinski definition) is 6. The standard InChI is InChI=1S/C30H28O12/c31-17-6-1-15(2-7-17)3-10-25(35)39-14-24-27(36)28(37)29(38)30(42-24)40-19-11-20(33)26-21(34)13-22(41-23(26)12-19)16-4-8-18(32)9-5-16/h1-12,22,24,27-33,36-38H,13-14H2/b10-3+/t22-,24+,27+,28-,29+,30+/m0/s1. The van der Waals surface area contributed by atoms with Gasteiger partial charge in [0.2, 0.25) is 6.29 Å². The van der Waals surface area contributed by atoms with E-state index in [1.165, 1.54) is 36.4 Å². The van der Waals surface area contributed by atoms with Crippen LogP contribution in [-0.4, -0.2) is 79.7 Å². The van der Waals surface area contributed by atoms with Gasteiger partial charge in [-0.15, -0.1) is 0 Å². The van der Waals surface area contributed by atoms with E-state index in [0.29, 0.717) is 11.1 Å². The number of carbonyl (C=O) groups is 2. The molecule has 0 saturated carbocycles. The molecule has 0 aliphatic carbocycles. The molecule has 12 nitrogen and oxygen atoms in total. The second-order valence-corrected chi connectivity index (χ2v) is 9.83. The Bertz CT molecular complexity index is 1470. The van der Waals surface area contributed by atoms with Crippen molar-refractivity contribution in [3.05, 3.63) is 83.4 Å². The zero-order valence-corrected chi connectivity index (χ0v) is 21.9. The van der Waals surface area contributed by atoms with Gasteiger partial charge >= 0.3 is 5.97 Å². The van der Waals surface area contributed by atoms with E-state index < -0.39 is 55.1 Å². The van der Waals surface area contributed by atoms with Gasteiger partial charge in [0.25, 0.3) is 0 Å². The lowest BCUT2D eigenvalue weighted by Crippen LogP contribution is -2.60. The maximum absolute atomic E-state index is 12.8. The summed E-state index contributed by atoms with van der Waals surface area (Å²) in [5.41, 5.74) is 1.19. The lowest BCUT2D eigenvalue weighted by atomic mass is 9.95. The molecule has 0 amide bonds. The van der Waals surface area contributed by atoms with Crippen molar-refractivity contribution < 1.29 is 59.2 Å². The van der Waals surface area contributed by atoms with Gasteiger partial charge in [-0.1, -0.05) is 24.3 Å². The third-order valence-corrected chi connectivity index (χ3v) is 6.85. The van der Waals surface area contributed by atoms with Crippen LogP contribution in [0.1, 0.15) is 34.0 Å². The minimum atomic E-state index is -1.73. The molecule has 0 spiro atoms. The smallest absolute Gasteiger partial charge is 0.330 e. The van der Waals surface area contributed by atoms with Gasteiger partial charge in [-0.05, 0) is 41.5 Å². The lowest BCUT2D eigenvalue weighted by Gasteiger charge is -2.40. The number of phenolic OH excluding ortho intramolecular Hbond substituents is 3. The summed E-state index contributed by atoms with van der Waals surface area (Å²) >= 11 is 0. The number of ketones is 1. The molecule has 5 rings (SSSR count). The molecule has 3 aromatic carbocycles. The maximum atomic E-state index is 12.8. The summed E-state index contributed by atoms with van der Waals surface area (Å²) in [4.78, 5) is 25.0. The van der Waals surface area contributed by atoms with Crippen LogP contribution >= 0.6 is 0 Å². The minimum absolute atomic E-state index is 0.0103. The van der Waals surface area contributed by atoms with E-state index in [2.05, 4.69) is 0 Å². The second-order valence-electron chi connectivity index (χ2n) is 9.83. The number of rotatable bonds is 7. The monoisotopic (exact) mass is 580 g/mol. The molecule has 3 aromatic rings. The van der Waals surface area contributed by atoms with Gasteiger partial charge in [-0.3, -0.25) is 4.79 Å². The molecule has 2 heterocycles. The fraction of sp³-hybridized carbons (Fsp3) is 0.267. The first-order valence-electron chi connectivity index (χ1n) is 12.9. The number of fused-ring (bicyclic) bond motifs is 1. The number of aliphatic hydroxyl groups is 3. The van der Waals surface area contributed by atoms with Gasteiger partial charge in [0, 0.05) is 18.2 Å². The maximum Gasteiger partial charge on any atom is 0.330 e. The van der Waals surface area contributed by atoms with Gasteiger partial charge in [0.1, 0.15) is 71.4 Å². The summed E-state index contributed by atoms with van der Waals surface area (Å²) in [6.07, 6.45) is -6.12. The van der Waals surface area contributed by atoms with Gasteiger partial charge < -0.3 is 49.6 Å². The normalized spacial score (nSPS) is 25.5. The van der Waals surface area contributed by atoms with Crippen LogP contribution in [0.5, 0.6) is 28.7 Å². The van der Waals surface area contributed by atoms with E-state index in [9.17, 15) is 40.2 Å². The first-order valence-corrected chi connectivity index (χ1v) is 12.9. The highest BCUT2D eigenvalue weighted by molar-refractivity contribution is 6.02. The predicted octanol–water partition coefficient (Wildman–Crippen LogP) is 1.95. The summed E-state index contributed by atoms with van der Waals surface area (Å²) in [5.74, 6) is -1.55. The fourth-order valence-electron chi connectivity index (χ4n) is 4.61.